The van der Waals surface area contributed by atoms with Crippen LogP contribution >= 0.6 is 0 Å². The predicted octanol–water partition coefficient (Wildman–Crippen LogP) is 1.02. The number of nitrogens with zero attached hydrogens (tertiary/aromatic N) is 3. The monoisotopic (exact) mass is 303 g/mol. The number of carboxylic acids is 1. The predicted molar refractivity (Wildman–Crippen MR) is 73.8 cm³/mol. The maximum atomic E-state index is 12.4. The Morgan fingerprint density at radius 1 is 1.50 bits per heavy atom. The summed E-state index contributed by atoms with van der Waals surface area (Å²) in [6, 6.07) is 0. The van der Waals surface area contributed by atoms with Crippen molar-refractivity contribution < 1.29 is 18.3 Å². The van der Waals surface area contributed by atoms with Gasteiger partial charge in [0.15, 0.2) is 0 Å². The summed E-state index contributed by atoms with van der Waals surface area (Å²) in [6.45, 7) is 6.68. The van der Waals surface area contributed by atoms with Crippen LogP contribution in [-0.2, 0) is 21.4 Å². The van der Waals surface area contributed by atoms with Gasteiger partial charge < -0.3 is 5.11 Å². The van der Waals surface area contributed by atoms with Gasteiger partial charge in [0, 0.05) is 19.3 Å². The number of aryl methyl sites for hydroxylation is 1. The van der Waals surface area contributed by atoms with Crippen LogP contribution in [0.25, 0.3) is 0 Å². The van der Waals surface area contributed by atoms with Crippen molar-refractivity contribution in [3.8, 4) is 0 Å². The summed E-state index contributed by atoms with van der Waals surface area (Å²) in [6.07, 6.45) is 2.55. The molecular weight excluding hydrogens is 282 g/mol. The maximum Gasteiger partial charge on any atom is 0.305 e. The number of hydrogen-bond acceptors (Lipinski definition) is 4. The molecule has 0 amide bonds. The molecule has 1 aromatic heterocycles. The van der Waals surface area contributed by atoms with Gasteiger partial charge >= 0.3 is 5.97 Å². The lowest BCUT2D eigenvalue weighted by Crippen LogP contribution is -2.33. The molecule has 0 atom stereocenters. The Hall–Kier alpha value is -1.41. The van der Waals surface area contributed by atoms with Gasteiger partial charge in [0.2, 0.25) is 10.0 Å². The number of carboxylic acid groups (broad SMARTS) is 1. The van der Waals surface area contributed by atoms with E-state index in [9.17, 15) is 13.2 Å². The summed E-state index contributed by atoms with van der Waals surface area (Å²) in [5, 5.41) is 12.5. The zero-order chi connectivity index (χ0) is 15.3. The lowest BCUT2D eigenvalue weighted by Gasteiger charge is -2.21. The van der Waals surface area contributed by atoms with E-state index < -0.39 is 16.0 Å². The number of hydrogen-bond donors (Lipinski definition) is 1. The Balaban J connectivity index is 2.89. The highest BCUT2D eigenvalue weighted by Crippen LogP contribution is 2.16. The van der Waals surface area contributed by atoms with E-state index >= 15 is 0 Å². The SMILES string of the molecule is CCN(CC(C)C)S(=O)(=O)c1cnn(CCC(=O)O)c1. The summed E-state index contributed by atoms with van der Waals surface area (Å²) in [5.41, 5.74) is 0. The average Bonchev–Trinajstić information content (AvgIpc) is 2.82. The van der Waals surface area contributed by atoms with Crippen molar-refractivity contribution >= 4 is 16.0 Å². The van der Waals surface area contributed by atoms with Gasteiger partial charge in [-0.05, 0) is 5.92 Å². The lowest BCUT2D eigenvalue weighted by molar-refractivity contribution is -0.137. The fourth-order valence-electron chi connectivity index (χ4n) is 1.76. The number of aromatic nitrogens is 2. The van der Waals surface area contributed by atoms with Gasteiger partial charge in [0.1, 0.15) is 4.90 Å². The second-order valence-corrected chi connectivity index (χ2v) is 6.87. The topological polar surface area (TPSA) is 92.5 Å². The number of carbonyl (C=O) groups is 1. The molecule has 8 heteroatoms. The highest BCUT2D eigenvalue weighted by Gasteiger charge is 2.25. The quantitative estimate of drug-likeness (QED) is 0.774. The third-order valence-electron chi connectivity index (χ3n) is 2.72. The van der Waals surface area contributed by atoms with Gasteiger partial charge in [0.25, 0.3) is 0 Å². The molecule has 0 aromatic carbocycles. The zero-order valence-corrected chi connectivity index (χ0v) is 12.8. The molecule has 0 bridgehead atoms. The molecule has 1 rings (SSSR count). The van der Waals surface area contributed by atoms with E-state index in [-0.39, 0.29) is 23.8 Å². The van der Waals surface area contributed by atoms with E-state index in [1.165, 1.54) is 21.4 Å². The van der Waals surface area contributed by atoms with Gasteiger partial charge in [0.05, 0.1) is 19.2 Å². The normalized spacial score (nSPS) is 12.2. The Morgan fingerprint density at radius 2 is 2.15 bits per heavy atom. The molecule has 20 heavy (non-hydrogen) atoms. The molecule has 114 valence electrons. The summed E-state index contributed by atoms with van der Waals surface area (Å²) in [4.78, 5) is 10.6. The fraction of sp³-hybridized carbons (Fsp3) is 0.667. The van der Waals surface area contributed by atoms with Crippen LogP contribution in [0.1, 0.15) is 27.2 Å². The molecule has 1 aromatic rings. The Labute approximate surface area is 119 Å². The first kappa shape index (κ1) is 16.6. The van der Waals surface area contributed by atoms with E-state index in [0.717, 1.165) is 0 Å². The van der Waals surface area contributed by atoms with Crippen molar-refractivity contribution in [2.24, 2.45) is 5.92 Å². The Morgan fingerprint density at radius 3 is 2.65 bits per heavy atom. The molecule has 7 nitrogen and oxygen atoms in total. The van der Waals surface area contributed by atoms with E-state index in [4.69, 9.17) is 5.11 Å². The summed E-state index contributed by atoms with van der Waals surface area (Å²) in [5.74, 6) is -0.716. The van der Waals surface area contributed by atoms with Crippen molar-refractivity contribution in [3.05, 3.63) is 12.4 Å². The third-order valence-corrected chi connectivity index (χ3v) is 4.62. The van der Waals surface area contributed by atoms with E-state index in [0.29, 0.717) is 13.1 Å². The van der Waals surface area contributed by atoms with Crippen LogP contribution in [0.15, 0.2) is 17.3 Å². The van der Waals surface area contributed by atoms with Gasteiger partial charge in [-0.2, -0.15) is 9.40 Å². The first-order valence-corrected chi connectivity index (χ1v) is 7.95. The number of rotatable bonds is 8. The first-order valence-electron chi connectivity index (χ1n) is 6.51. The molecule has 0 saturated heterocycles. The average molecular weight is 303 g/mol. The minimum atomic E-state index is -3.56. The molecule has 0 spiro atoms. The van der Waals surface area contributed by atoms with Crippen LogP contribution in [0.3, 0.4) is 0 Å². The summed E-state index contributed by atoms with van der Waals surface area (Å²) in [7, 11) is -3.56. The van der Waals surface area contributed by atoms with Gasteiger partial charge in [-0.25, -0.2) is 8.42 Å². The molecule has 0 radical (unpaired) electrons. The van der Waals surface area contributed by atoms with Crippen LogP contribution < -0.4 is 0 Å². The minimum Gasteiger partial charge on any atom is -0.481 e. The molecule has 0 unspecified atom stereocenters. The third kappa shape index (κ3) is 4.31. The van der Waals surface area contributed by atoms with E-state index in [1.54, 1.807) is 6.92 Å². The van der Waals surface area contributed by atoms with Crippen molar-refractivity contribution in [1.29, 1.82) is 0 Å². The van der Waals surface area contributed by atoms with E-state index in [1.807, 2.05) is 13.8 Å². The molecule has 0 aliphatic heterocycles. The van der Waals surface area contributed by atoms with Crippen molar-refractivity contribution in [1.82, 2.24) is 14.1 Å². The first-order chi connectivity index (χ1) is 9.27. The van der Waals surface area contributed by atoms with Gasteiger partial charge in [-0.15, -0.1) is 0 Å². The van der Waals surface area contributed by atoms with Crippen molar-refractivity contribution in [2.45, 2.75) is 38.6 Å². The minimum absolute atomic E-state index is 0.0926. The standard InChI is InChI=1S/C12H21N3O4S/c1-4-15(8-10(2)3)20(18,19)11-7-13-14(9-11)6-5-12(16)17/h7,9-10H,4-6,8H2,1-3H3,(H,16,17). The second kappa shape index (κ2) is 6.85. The Bertz CT molecular complexity index is 551. The van der Waals surface area contributed by atoms with Gasteiger partial charge in [-0.3, -0.25) is 9.48 Å². The largest absolute Gasteiger partial charge is 0.481 e. The van der Waals surface area contributed by atoms with Crippen LogP contribution in [-0.4, -0.2) is 46.7 Å². The summed E-state index contributed by atoms with van der Waals surface area (Å²) >= 11 is 0. The Kier molecular flexibility index (Phi) is 5.70. The lowest BCUT2D eigenvalue weighted by atomic mass is 10.2. The zero-order valence-electron chi connectivity index (χ0n) is 12.0. The maximum absolute atomic E-state index is 12.4. The molecule has 0 saturated carbocycles. The highest BCUT2D eigenvalue weighted by atomic mass is 32.2. The fourth-order valence-corrected chi connectivity index (χ4v) is 3.33. The van der Waals surface area contributed by atoms with Crippen LogP contribution in [0, 0.1) is 5.92 Å². The molecular formula is C12H21N3O4S. The second-order valence-electron chi connectivity index (χ2n) is 4.93. The van der Waals surface area contributed by atoms with Gasteiger partial charge in [-0.1, -0.05) is 20.8 Å². The van der Waals surface area contributed by atoms with Crippen LogP contribution in [0.2, 0.25) is 0 Å². The van der Waals surface area contributed by atoms with Crippen LogP contribution in [0.4, 0.5) is 0 Å². The molecule has 1 heterocycles. The molecule has 0 fully saturated rings. The van der Waals surface area contributed by atoms with Crippen LogP contribution in [0.5, 0.6) is 0 Å². The van der Waals surface area contributed by atoms with Crippen molar-refractivity contribution in [2.75, 3.05) is 13.1 Å². The number of aliphatic carboxylic acids is 1. The summed E-state index contributed by atoms with van der Waals surface area (Å²) < 4.78 is 27.5. The smallest absolute Gasteiger partial charge is 0.305 e. The highest BCUT2D eigenvalue weighted by molar-refractivity contribution is 7.89. The molecule has 0 aliphatic carbocycles. The molecule has 1 N–H and O–H groups in total. The molecule has 0 aliphatic rings. The number of sulfonamides is 1. The van der Waals surface area contributed by atoms with E-state index in [2.05, 4.69) is 5.10 Å². The van der Waals surface area contributed by atoms with Crippen molar-refractivity contribution in [3.63, 3.8) is 0 Å².